The molecule has 5 nitrogen and oxygen atoms in total. The molecular weight excluding hydrogens is 755 g/mol. The summed E-state index contributed by atoms with van der Waals surface area (Å²) >= 11 is 0. The Bertz CT molecular complexity index is 3000. The minimum atomic E-state index is -0.197. The van der Waals surface area contributed by atoms with Gasteiger partial charge in [0.05, 0.1) is 17.4 Å². The van der Waals surface area contributed by atoms with Crippen LogP contribution in [0.15, 0.2) is 228 Å². The average molecular weight is 802 g/mol. The third-order valence-electron chi connectivity index (χ3n) is 13.3. The van der Waals surface area contributed by atoms with Crippen LogP contribution in [0.5, 0.6) is 0 Å². The molecule has 6 aromatic rings. The van der Waals surface area contributed by atoms with E-state index in [0.29, 0.717) is 0 Å². The number of para-hydroxylation sites is 2. The molecule has 5 heteroatoms. The minimum absolute atomic E-state index is 0.00337. The second kappa shape index (κ2) is 15.4. The van der Waals surface area contributed by atoms with E-state index < -0.39 is 0 Å². The third kappa shape index (κ3) is 6.31. The van der Waals surface area contributed by atoms with Crippen molar-refractivity contribution in [1.82, 2.24) is 10.6 Å². The van der Waals surface area contributed by atoms with E-state index in [1.807, 2.05) is 0 Å². The Morgan fingerprint density at radius 1 is 0.613 bits per heavy atom. The van der Waals surface area contributed by atoms with Crippen molar-refractivity contribution in [2.45, 2.75) is 44.1 Å². The van der Waals surface area contributed by atoms with Gasteiger partial charge < -0.3 is 15.1 Å². The molecule has 3 aliphatic heterocycles. The van der Waals surface area contributed by atoms with Gasteiger partial charge in [-0.25, -0.2) is 4.99 Å². The van der Waals surface area contributed by atoms with Crippen molar-refractivity contribution in [3.05, 3.63) is 239 Å². The zero-order valence-corrected chi connectivity index (χ0v) is 34.5. The van der Waals surface area contributed by atoms with E-state index in [-0.39, 0.29) is 24.3 Å². The summed E-state index contributed by atoms with van der Waals surface area (Å²) in [6, 6.07) is 53.6. The highest BCUT2D eigenvalue weighted by atomic mass is 15.3. The molecule has 0 bridgehead atoms. The van der Waals surface area contributed by atoms with Gasteiger partial charge in [0.25, 0.3) is 0 Å². The molecule has 300 valence electrons. The molecule has 2 N–H and O–H groups in total. The fourth-order valence-corrected chi connectivity index (χ4v) is 10.4. The lowest BCUT2D eigenvalue weighted by Crippen LogP contribution is -2.52. The van der Waals surface area contributed by atoms with Crippen LogP contribution in [0, 0.1) is 5.92 Å². The van der Waals surface area contributed by atoms with Gasteiger partial charge >= 0.3 is 0 Å². The predicted molar refractivity (Wildman–Crippen MR) is 257 cm³/mol. The van der Waals surface area contributed by atoms with Crippen molar-refractivity contribution in [2.75, 3.05) is 9.80 Å². The number of nitrogens with zero attached hydrogens (tertiary/aromatic N) is 3. The van der Waals surface area contributed by atoms with Crippen LogP contribution in [0.2, 0.25) is 0 Å². The normalized spacial score (nSPS) is 22.4. The Hall–Kier alpha value is -7.21. The van der Waals surface area contributed by atoms with Gasteiger partial charge in [-0.3, -0.25) is 5.32 Å². The number of allylic oxidation sites excluding steroid dienone is 8. The van der Waals surface area contributed by atoms with Gasteiger partial charge in [-0.1, -0.05) is 152 Å². The van der Waals surface area contributed by atoms with Crippen LogP contribution in [0.25, 0.3) is 27.6 Å². The number of hydrogen-bond donors (Lipinski definition) is 2. The SMILES string of the molecule is C1=CCCC(C2NC(c3ccccc3)=NC(c3ccc4ccc(-c5cccc(N6C7=C(CCC=C7)C7=C(c8ccccc86)N(c6ccccc6)C6C=CC=CC76)c5)cc4c3)N2)=C1. The van der Waals surface area contributed by atoms with Crippen molar-refractivity contribution in [3.8, 4) is 11.1 Å². The van der Waals surface area contributed by atoms with Crippen molar-refractivity contribution in [1.29, 1.82) is 0 Å². The van der Waals surface area contributed by atoms with E-state index in [1.165, 1.54) is 67.0 Å². The maximum Gasteiger partial charge on any atom is 0.131 e. The molecule has 6 aliphatic rings. The Morgan fingerprint density at radius 3 is 2.27 bits per heavy atom. The lowest BCUT2D eigenvalue weighted by Gasteiger charge is -2.35. The lowest BCUT2D eigenvalue weighted by molar-refractivity contribution is 0.429. The molecule has 0 fully saturated rings. The summed E-state index contributed by atoms with van der Waals surface area (Å²) in [5, 5.41) is 9.97. The highest BCUT2D eigenvalue weighted by molar-refractivity contribution is 6.00. The molecule has 62 heavy (non-hydrogen) atoms. The monoisotopic (exact) mass is 801 g/mol. The molecule has 4 unspecified atom stereocenters. The summed E-state index contributed by atoms with van der Waals surface area (Å²) in [7, 11) is 0. The Kier molecular flexibility index (Phi) is 9.07. The van der Waals surface area contributed by atoms with Gasteiger partial charge in [-0.15, -0.1) is 0 Å². The molecule has 0 aromatic heterocycles. The van der Waals surface area contributed by atoms with Crippen LogP contribution in [0.3, 0.4) is 0 Å². The molecule has 0 saturated carbocycles. The lowest BCUT2D eigenvalue weighted by atomic mass is 9.82. The standard InChI is InChI=1S/C57H47N5/c1-4-17-39(18-5-1)55-58-56(40-19-6-2-7-20-40)60-57(59-55)43-34-32-38-31-33-42(35-44(38)36-43)41-21-16-24-46(37-41)61-50-28-13-10-25-47(50)53-48-26-11-14-29-51(48)62(45-22-8-3-9-23-45)54(53)49-27-12-15-30-52(49)61/h1-6,8-9,11-19,21-24,26-37,48,51,56-57,60H,7,10,20,25H2,(H,58,59). The van der Waals surface area contributed by atoms with Gasteiger partial charge in [0.1, 0.15) is 18.2 Å². The molecular formula is C57H47N5. The number of fused-ring (bicyclic) bond motifs is 6. The summed E-state index contributed by atoms with van der Waals surface area (Å²) in [6.07, 6.45) is 24.6. The van der Waals surface area contributed by atoms with Gasteiger partial charge in [-0.05, 0) is 118 Å². The summed E-state index contributed by atoms with van der Waals surface area (Å²) in [5.41, 5.74) is 16.3. The van der Waals surface area contributed by atoms with Crippen molar-refractivity contribution >= 4 is 39.4 Å². The van der Waals surface area contributed by atoms with Gasteiger partial charge in [0.2, 0.25) is 0 Å². The van der Waals surface area contributed by atoms with Crippen molar-refractivity contribution < 1.29 is 0 Å². The molecule has 3 aliphatic carbocycles. The van der Waals surface area contributed by atoms with E-state index in [9.17, 15) is 0 Å². The Labute approximate surface area is 363 Å². The van der Waals surface area contributed by atoms with Crippen molar-refractivity contribution in [2.24, 2.45) is 10.9 Å². The Balaban J connectivity index is 0.940. The number of nitrogens with one attached hydrogen (secondary N) is 2. The predicted octanol–water partition coefficient (Wildman–Crippen LogP) is 12.8. The average Bonchev–Trinajstić information content (AvgIpc) is 3.63. The zero-order chi connectivity index (χ0) is 41.0. The topological polar surface area (TPSA) is 42.9 Å². The van der Waals surface area contributed by atoms with Crippen LogP contribution in [0.1, 0.15) is 48.5 Å². The first-order valence-electron chi connectivity index (χ1n) is 22.1. The molecule has 3 heterocycles. The number of rotatable bonds is 6. The molecule has 4 atom stereocenters. The summed E-state index contributed by atoms with van der Waals surface area (Å²) in [5.74, 6) is 1.18. The molecule has 0 amide bonds. The maximum atomic E-state index is 5.26. The molecule has 0 saturated heterocycles. The number of aliphatic imine (C=N–C) groups is 1. The van der Waals surface area contributed by atoms with Gasteiger partial charge in [0.15, 0.2) is 0 Å². The van der Waals surface area contributed by atoms with Crippen LogP contribution in [-0.4, -0.2) is 18.0 Å². The van der Waals surface area contributed by atoms with Gasteiger partial charge in [-0.2, -0.15) is 0 Å². The second-order valence-electron chi connectivity index (χ2n) is 17.0. The highest BCUT2D eigenvalue weighted by Crippen LogP contribution is 2.55. The van der Waals surface area contributed by atoms with E-state index in [2.05, 4.69) is 221 Å². The maximum absolute atomic E-state index is 5.26. The van der Waals surface area contributed by atoms with Crippen molar-refractivity contribution in [3.63, 3.8) is 0 Å². The minimum Gasteiger partial charge on any atom is -0.351 e. The molecule has 0 spiro atoms. The fraction of sp³-hybridized carbons (Fsp3) is 0.140. The first-order chi connectivity index (χ1) is 30.7. The quantitative estimate of drug-likeness (QED) is 0.176. The highest BCUT2D eigenvalue weighted by Gasteiger charge is 2.45. The summed E-state index contributed by atoms with van der Waals surface area (Å²) < 4.78 is 0. The van der Waals surface area contributed by atoms with E-state index in [1.54, 1.807) is 0 Å². The summed E-state index contributed by atoms with van der Waals surface area (Å²) in [6.45, 7) is 0. The number of benzene rings is 6. The first kappa shape index (κ1) is 36.6. The van der Waals surface area contributed by atoms with Crippen LogP contribution < -0.4 is 20.4 Å². The smallest absolute Gasteiger partial charge is 0.131 e. The van der Waals surface area contributed by atoms with E-state index in [0.717, 1.165) is 48.3 Å². The van der Waals surface area contributed by atoms with Gasteiger partial charge in [0, 0.05) is 34.1 Å². The fourth-order valence-electron chi connectivity index (χ4n) is 10.4. The second-order valence-corrected chi connectivity index (χ2v) is 17.0. The Morgan fingerprint density at radius 2 is 1.39 bits per heavy atom. The first-order valence-corrected chi connectivity index (χ1v) is 22.1. The van der Waals surface area contributed by atoms with Crippen LogP contribution in [0.4, 0.5) is 17.1 Å². The molecule has 6 aromatic carbocycles. The molecule has 0 radical (unpaired) electrons. The number of anilines is 3. The van der Waals surface area contributed by atoms with E-state index >= 15 is 0 Å². The number of amidine groups is 1. The van der Waals surface area contributed by atoms with Crippen LogP contribution >= 0.6 is 0 Å². The number of hydrogen-bond acceptors (Lipinski definition) is 5. The van der Waals surface area contributed by atoms with E-state index in [4.69, 9.17) is 4.99 Å². The largest absolute Gasteiger partial charge is 0.351 e. The zero-order valence-electron chi connectivity index (χ0n) is 34.5. The summed E-state index contributed by atoms with van der Waals surface area (Å²) in [4.78, 5) is 10.4. The third-order valence-corrected chi connectivity index (χ3v) is 13.3. The van der Waals surface area contributed by atoms with Crippen LogP contribution in [-0.2, 0) is 0 Å². The molecule has 12 rings (SSSR count).